The number of fused-ring (bicyclic) bond motifs is 2. The Morgan fingerprint density at radius 2 is 1.97 bits per heavy atom. The van der Waals surface area contributed by atoms with Gasteiger partial charge >= 0.3 is 0 Å². The lowest BCUT2D eigenvalue weighted by atomic mass is 9.80. The Bertz CT molecular complexity index is 1280. The van der Waals surface area contributed by atoms with Crippen LogP contribution in [-0.2, 0) is 6.54 Å². The highest BCUT2D eigenvalue weighted by Crippen LogP contribution is 2.30. The number of pyridine rings is 1. The van der Waals surface area contributed by atoms with Gasteiger partial charge in [0.05, 0.1) is 35.7 Å². The predicted molar refractivity (Wildman–Crippen MR) is 135 cm³/mol. The van der Waals surface area contributed by atoms with Crippen LogP contribution >= 0.6 is 0 Å². The van der Waals surface area contributed by atoms with Crippen molar-refractivity contribution in [2.45, 2.75) is 44.4 Å². The zero-order chi connectivity index (χ0) is 24.5. The highest BCUT2D eigenvalue weighted by atomic mass is 19.1. The molecule has 0 spiro atoms. The van der Waals surface area contributed by atoms with Gasteiger partial charge in [0.1, 0.15) is 18.5 Å². The molecule has 3 aliphatic rings. The van der Waals surface area contributed by atoms with Gasteiger partial charge < -0.3 is 15.5 Å². The van der Waals surface area contributed by atoms with E-state index in [1.807, 2.05) is 17.0 Å². The first-order valence-corrected chi connectivity index (χ1v) is 12.8. The van der Waals surface area contributed by atoms with Crippen LogP contribution in [0.15, 0.2) is 53.9 Å². The van der Waals surface area contributed by atoms with E-state index in [9.17, 15) is 9.18 Å². The Labute approximate surface area is 209 Å². The van der Waals surface area contributed by atoms with E-state index >= 15 is 0 Å². The van der Waals surface area contributed by atoms with E-state index in [-0.39, 0.29) is 11.9 Å². The van der Waals surface area contributed by atoms with Crippen LogP contribution in [0.3, 0.4) is 0 Å². The second-order valence-corrected chi connectivity index (χ2v) is 9.97. The number of ether oxygens (including phenoxy) is 1. The summed E-state index contributed by atoms with van der Waals surface area (Å²) in [6.07, 6.45) is 6.54. The maximum Gasteiger partial charge on any atom is 0.255 e. The molecular formula is C27H31FN6O2. The Balaban J connectivity index is 1.03. The van der Waals surface area contributed by atoms with Crippen molar-refractivity contribution in [3.8, 4) is 5.75 Å². The fourth-order valence-corrected chi connectivity index (χ4v) is 5.49. The number of hydrogen-bond donors (Lipinski definition) is 2. The van der Waals surface area contributed by atoms with Crippen LogP contribution in [-0.4, -0.2) is 64.6 Å². The van der Waals surface area contributed by atoms with E-state index in [2.05, 4.69) is 45.2 Å². The van der Waals surface area contributed by atoms with Gasteiger partial charge in [-0.15, -0.1) is 0 Å². The SMILES string of the molecule is O=C(NC1CCC(C2=NNCc3ccccc32)CC1)c1cnn2cc(OCCN3CC(F)C3)ccc12. The lowest BCUT2D eigenvalue weighted by molar-refractivity contribution is 0.0538. The van der Waals surface area contributed by atoms with Gasteiger partial charge in [-0.05, 0) is 43.4 Å². The van der Waals surface area contributed by atoms with Crippen molar-refractivity contribution in [1.82, 2.24) is 25.3 Å². The van der Waals surface area contributed by atoms with E-state index in [1.54, 1.807) is 16.9 Å². The summed E-state index contributed by atoms with van der Waals surface area (Å²) < 4.78 is 20.4. The molecule has 0 unspecified atom stereocenters. The van der Waals surface area contributed by atoms with Crippen molar-refractivity contribution in [2.75, 3.05) is 26.2 Å². The van der Waals surface area contributed by atoms with Crippen LogP contribution in [0, 0.1) is 5.92 Å². The molecule has 3 aromatic rings. The molecule has 1 saturated carbocycles. The van der Waals surface area contributed by atoms with E-state index < -0.39 is 6.17 Å². The number of rotatable bonds is 7. The first-order valence-electron chi connectivity index (χ1n) is 12.8. The lowest BCUT2D eigenvalue weighted by Crippen LogP contribution is -2.49. The molecule has 8 nitrogen and oxygen atoms in total. The highest BCUT2D eigenvalue weighted by molar-refractivity contribution is 6.04. The summed E-state index contributed by atoms with van der Waals surface area (Å²) in [6.45, 7) is 2.94. The highest BCUT2D eigenvalue weighted by Gasteiger charge is 2.29. The minimum absolute atomic E-state index is 0.0947. The monoisotopic (exact) mass is 490 g/mol. The van der Waals surface area contributed by atoms with Crippen molar-refractivity contribution in [2.24, 2.45) is 11.0 Å². The molecule has 0 bridgehead atoms. The molecule has 188 valence electrons. The quantitative estimate of drug-likeness (QED) is 0.532. The molecule has 1 saturated heterocycles. The molecule has 0 atom stereocenters. The average molecular weight is 491 g/mol. The minimum Gasteiger partial charge on any atom is -0.491 e. The molecule has 2 N–H and O–H groups in total. The minimum atomic E-state index is -0.703. The standard InChI is InChI=1S/C27H31FN6O2/c28-20-15-33(16-20)11-12-36-22-9-10-25-24(14-30-34(25)17-22)27(35)31-21-7-5-18(6-8-21)26-23-4-2-1-3-19(23)13-29-32-26/h1-4,9-10,14,17-18,20-21,29H,5-8,11-13,15-16H2,(H,31,35). The molecule has 2 fully saturated rings. The Kier molecular flexibility index (Phi) is 6.31. The van der Waals surface area contributed by atoms with E-state index in [1.165, 1.54) is 11.1 Å². The number of alkyl halides is 1. The largest absolute Gasteiger partial charge is 0.491 e. The third-order valence-corrected chi connectivity index (χ3v) is 7.53. The van der Waals surface area contributed by atoms with Crippen molar-refractivity contribution < 1.29 is 13.9 Å². The zero-order valence-electron chi connectivity index (χ0n) is 20.2. The first-order chi connectivity index (χ1) is 17.6. The van der Waals surface area contributed by atoms with Crippen molar-refractivity contribution in [1.29, 1.82) is 0 Å². The number of aromatic nitrogens is 2. The first kappa shape index (κ1) is 23.0. The van der Waals surface area contributed by atoms with Gasteiger partial charge in [-0.1, -0.05) is 24.3 Å². The fourth-order valence-electron chi connectivity index (χ4n) is 5.49. The molecule has 36 heavy (non-hydrogen) atoms. The molecule has 2 aromatic heterocycles. The summed E-state index contributed by atoms with van der Waals surface area (Å²) in [5.74, 6) is 0.986. The maximum absolute atomic E-state index is 13.1. The predicted octanol–water partition coefficient (Wildman–Crippen LogP) is 3.16. The number of nitrogens with zero attached hydrogens (tertiary/aromatic N) is 4. The van der Waals surface area contributed by atoms with Crippen LogP contribution in [0.25, 0.3) is 5.52 Å². The van der Waals surface area contributed by atoms with Crippen LogP contribution < -0.4 is 15.5 Å². The molecule has 0 radical (unpaired) electrons. The third kappa shape index (κ3) is 4.67. The number of nitrogens with one attached hydrogen (secondary N) is 2. The van der Waals surface area contributed by atoms with Gasteiger partial charge in [-0.25, -0.2) is 8.91 Å². The maximum atomic E-state index is 13.1. The summed E-state index contributed by atoms with van der Waals surface area (Å²) in [5, 5.41) is 12.2. The number of amides is 1. The summed E-state index contributed by atoms with van der Waals surface area (Å²) >= 11 is 0. The van der Waals surface area contributed by atoms with Crippen molar-refractivity contribution >= 4 is 17.1 Å². The summed E-state index contributed by atoms with van der Waals surface area (Å²) in [7, 11) is 0. The van der Waals surface area contributed by atoms with Gasteiger partial charge in [0.25, 0.3) is 5.91 Å². The van der Waals surface area contributed by atoms with Crippen LogP contribution in [0.2, 0.25) is 0 Å². The molecule has 1 aromatic carbocycles. The van der Waals surface area contributed by atoms with Crippen LogP contribution in [0.4, 0.5) is 4.39 Å². The zero-order valence-corrected chi connectivity index (χ0v) is 20.2. The van der Waals surface area contributed by atoms with E-state index in [4.69, 9.17) is 4.74 Å². The van der Waals surface area contributed by atoms with Crippen molar-refractivity contribution in [3.05, 3.63) is 65.5 Å². The number of hydrogen-bond acceptors (Lipinski definition) is 6. The lowest BCUT2D eigenvalue weighted by Gasteiger charge is -2.33. The summed E-state index contributed by atoms with van der Waals surface area (Å²) in [6, 6.07) is 12.3. The third-order valence-electron chi connectivity index (χ3n) is 7.53. The van der Waals surface area contributed by atoms with Gasteiger partial charge in [0.2, 0.25) is 0 Å². The molecule has 9 heteroatoms. The number of hydrazone groups is 1. The van der Waals surface area contributed by atoms with Crippen LogP contribution in [0.1, 0.15) is 47.2 Å². The average Bonchev–Trinajstić information content (AvgIpc) is 3.31. The smallest absolute Gasteiger partial charge is 0.255 e. The Morgan fingerprint density at radius 1 is 1.14 bits per heavy atom. The molecule has 1 aliphatic carbocycles. The molecule has 6 rings (SSSR count). The number of halogens is 1. The van der Waals surface area contributed by atoms with E-state index in [0.29, 0.717) is 43.5 Å². The van der Waals surface area contributed by atoms with Gasteiger partial charge in [0.15, 0.2) is 0 Å². The molecule has 1 amide bonds. The molecule has 4 heterocycles. The Morgan fingerprint density at radius 3 is 2.81 bits per heavy atom. The number of likely N-dealkylation sites (tertiary alicyclic amines) is 1. The fraction of sp³-hybridized carbons (Fsp3) is 0.444. The van der Waals surface area contributed by atoms with Gasteiger partial charge in [-0.2, -0.15) is 10.2 Å². The van der Waals surface area contributed by atoms with Gasteiger partial charge in [-0.3, -0.25) is 9.69 Å². The Hall–Kier alpha value is -3.46. The number of benzene rings is 1. The van der Waals surface area contributed by atoms with Crippen molar-refractivity contribution in [3.63, 3.8) is 0 Å². The molecule has 2 aliphatic heterocycles. The number of carbonyl (C=O) groups excluding carboxylic acids is 1. The normalized spacial score (nSPS) is 22.3. The van der Waals surface area contributed by atoms with Crippen LogP contribution in [0.5, 0.6) is 5.75 Å². The summed E-state index contributed by atoms with van der Waals surface area (Å²) in [5.41, 5.74) is 8.19. The topological polar surface area (TPSA) is 83.3 Å². The molecular weight excluding hydrogens is 459 g/mol. The second-order valence-electron chi connectivity index (χ2n) is 9.97. The second kappa shape index (κ2) is 9.89. The van der Waals surface area contributed by atoms with E-state index in [0.717, 1.165) is 43.5 Å². The van der Waals surface area contributed by atoms with Gasteiger partial charge in [0, 0.05) is 37.2 Å². The number of carbonyl (C=O) groups is 1. The summed E-state index contributed by atoms with van der Waals surface area (Å²) in [4.78, 5) is 15.1.